The Morgan fingerprint density at radius 1 is 1.39 bits per heavy atom. The van der Waals surface area contributed by atoms with Gasteiger partial charge in [0.25, 0.3) is 0 Å². The summed E-state index contributed by atoms with van der Waals surface area (Å²) in [7, 11) is 3.48. The Kier molecular flexibility index (Phi) is 5.80. The second-order valence-corrected chi connectivity index (χ2v) is 6.49. The van der Waals surface area contributed by atoms with Crippen molar-refractivity contribution >= 4 is 11.8 Å². The summed E-state index contributed by atoms with van der Waals surface area (Å²) in [5.41, 5.74) is 2.08. The number of hydrogen-bond acceptors (Lipinski definition) is 3. The SMILES string of the molecule is CCC(CC)C(=O)NC1CCCc2cn(CC(=O)N(C)C)nc21. The number of aromatic nitrogens is 2. The number of nitrogens with zero attached hydrogens (tertiary/aromatic N) is 3. The molecule has 1 unspecified atom stereocenters. The highest BCUT2D eigenvalue weighted by molar-refractivity contribution is 5.79. The summed E-state index contributed by atoms with van der Waals surface area (Å²) in [6.45, 7) is 4.33. The Balaban J connectivity index is 2.11. The van der Waals surface area contributed by atoms with E-state index in [0.717, 1.165) is 43.4 Å². The number of hydrogen-bond donors (Lipinski definition) is 1. The lowest BCUT2D eigenvalue weighted by molar-refractivity contribution is -0.129. The first kappa shape index (κ1) is 17.5. The van der Waals surface area contributed by atoms with E-state index in [1.165, 1.54) is 0 Å². The van der Waals surface area contributed by atoms with Crippen LogP contribution in [0.3, 0.4) is 0 Å². The summed E-state index contributed by atoms with van der Waals surface area (Å²) >= 11 is 0. The molecule has 1 atom stereocenters. The van der Waals surface area contributed by atoms with Crippen LogP contribution in [0.4, 0.5) is 0 Å². The van der Waals surface area contributed by atoms with Crippen molar-refractivity contribution in [2.45, 2.75) is 58.5 Å². The van der Waals surface area contributed by atoms with Crippen molar-refractivity contribution in [2.24, 2.45) is 5.92 Å². The van der Waals surface area contributed by atoms with E-state index in [9.17, 15) is 9.59 Å². The molecule has 6 nitrogen and oxygen atoms in total. The molecule has 2 rings (SSSR count). The first-order valence-corrected chi connectivity index (χ1v) is 8.53. The average molecular weight is 320 g/mol. The maximum Gasteiger partial charge on any atom is 0.243 e. The van der Waals surface area contributed by atoms with Crippen molar-refractivity contribution in [2.75, 3.05) is 14.1 Å². The molecule has 0 bridgehead atoms. The van der Waals surface area contributed by atoms with Gasteiger partial charge < -0.3 is 10.2 Å². The van der Waals surface area contributed by atoms with Crippen molar-refractivity contribution < 1.29 is 9.59 Å². The zero-order valence-electron chi connectivity index (χ0n) is 14.6. The lowest BCUT2D eigenvalue weighted by Gasteiger charge is -2.24. The number of carbonyl (C=O) groups is 2. The van der Waals surface area contributed by atoms with Gasteiger partial charge in [-0.3, -0.25) is 14.3 Å². The maximum absolute atomic E-state index is 12.4. The zero-order chi connectivity index (χ0) is 17.0. The van der Waals surface area contributed by atoms with Gasteiger partial charge >= 0.3 is 0 Å². The Hall–Kier alpha value is -1.85. The molecule has 0 aliphatic heterocycles. The van der Waals surface area contributed by atoms with Crippen molar-refractivity contribution in [1.29, 1.82) is 0 Å². The van der Waals surface area contributed by atoms with E-state index in [2.05, 4.69) is 10.4 Å². The topological polar surface area (TPSA) is 67.2 Å². The standard InChI is InChI=1S/C17H28N4O2/c1-5-12(6-2)17(23)18-14-9-7-8-13-10-21(19-16(13)14)11-15(22)20(3)4/h10,12,14H,5-9,11H2,1-4H3,(H,18,23). The van der Waals surface area contributed by atoms with Gasteiger partial charge in [-0.05, 0) is 37.7 Å². The highest BCUT2D eigenvalue weighted by Gasteiger charge is 2.27. The van der Waals surface area contributed by atoms with Crippen LogP contribution >= 0.6 is 0 Å². The minimum atomic E-state index is -0.0254. The van der Waals surface area contributed by atoms with Crippen LogP contribution in [0, 0.1) is 5.92 Å². The predicted molar refractivity (Wildman–Crippen MR) is 88.8 cm³/mol. The normalized spacial score (nSPS) is 17.0. The van der Waals surface area contributed by atoms with E-state index in [1.54, 1.807) is 23.7 Å². The van der Waals surface area contributed by atoms with Crippen LogP contribution < -0.4 is 5.32 Å². The average Bonchev–Trinajstić information content (AvgIpc) is 2.91. The number of nitrogens with one attached hydrogen (secondary N) is 1. The van der Waals surface area contributed by atoms with Crippen LogP contribution in [0.2, 0.25) is 0 Å². The summed E-state index contributed by atoms with van der Waals surface area (Å²) < 4.78 is 1.70. The predicted octanol–water partition coefficient (Wildman–Crippen LogP) is 1.90. The fraction of sp³-hybridized carbons (Fsp3) is 0.706. The zero-order valence-corrected chi connectivity index (χ0v) is 14.6. The molecule has 1 aromatic rings. The fourth-order valence-electron chi connectivity index (χ4n) is 3.05. The molecule has 0 spiro atoms. The van der Waals surface area contributed by atoms with Crippen molar-refractivity contribution in [1.82, 2.24) is 20.0 Å². The van der Waals surface area contributed by atoms with E-state index in [1.807, 2.05) is 20.0 Å². The smallest absolute Gasteiger partial charge is 0.243 e. The van der Waals surface area contributed by atoms with Gasteiger partial charge in [0, 0.05) is 26.2 Å². The number of aryl methyl sites for hydroxylation is 1. The third-order valence-electron chi connectivity index (χ3n) is 4.61. The molecule has 0 saturated carbocycles. The molecule has 0 radical (unpaired) electrons. The van der Waals surface area contributed by atoms with Crippen LogP contribution in [0.5, 0.6) is 0 Å². The summed E-state index contributed by atoms with van der Waals surface area (Å²) in [6, 6.07) is -0.0254. The van der Waals surface area contributed by atoms with Gasteiger partial charge in [0.15, 0.2) is 0 Å². The van der Waals surface area contributed by atoms with E-state index in [4.69, 9.17) is 0 Å². The van der Waals surface area contributed by atoms with Gasteiger partial charge in [0.05, 0.1) is 11.7 Å². The quantitative estimate of drug-likeness (QED) is 0.870. The molecule has 0 saturated heterocycles. The maximum atomic E-state index is 12.4. The third-order valence-corrected chi connectivity index (χ3v) is 4.61. The molecule has 0 fully saturated rings. The van der Waals surface area contributed by atoms with Crippen LogP contribution in [0.25, 0.3) is 0 Å². The molecule has 2 amide bonds. The molecule has 1 heterocycles. The summed E-state index contributed by atoms with van der Waals surface area (Å²) in [6.07, 6.45) is 6.57. The highest BCUT2D eigenvalue weighted by atomic mass is 16.2. The number of likely N-dealkylation sites (N-methyl/N-ethyl adjacent to an activating group) is 1. The van der Waals surface area contributed by atoms with Gasteiger partial charge in [-0.2, -0.15) is 5.10 Å². The van der Waals surface area contributed by atoms with Crippen molar-refractivity contribution in [3.8, 4) is 0 Å². The van der Waals surface area contributed by atoms with E-state index in [-0.39, 0.29) is 30.3 Å². The first-order valence-electron chi connectivity index (χ1n) is 8.53. The number of fused-ring (bicyclic) bond motifs is 1. The van der Waals surface area contributed by atoms with E-state index >= 15 is 0 Å². The fourth-order valence-corrected chi connectivity index (χ4v) is 3.05. The second-order valence-electron chi connectivity index (χ2n) is 6.49. The molecule has 1 N–H and O–H groups in total. The van der Waals surface area contributed by atoms with Crippen LogP contribution in [-0.4, -0.2) is 40.6 Å². The lowest BCUT2D eigenvalue weighted by atomic mass is 9.92. The van der Waals surface area contributed by atoms with Gasteiger partial charge in [-0.25, -0.2) is 0 Å². The Labute approximate surface area is 138 Å². The highest BCUT2D eigenvalue weighted by Crippen LogP contribution is 2.29. The Morgan fingerprint density at radius 3 is 2.70 bits per heavy atom. The Morgan fingerprint density at radius 2 is 2.09 bits per heavy atom. The van der Waals surface area contributed by atoms with E-state index in [0.29, 0.717) is 0 Å². The lowest BCUT2D eigenvalue weighted by Crippen LogP contribution is -2.35. The van der Waals surface area contributed by atoms with Gasteiger partial charge in [0.2, 0.25) is 11.8 Å². The largest absolute Gasteiger partial charge is 0.347 e. The molecule has 128 valence electrons. The summed E-state index contributed by atoms with van der Waals surface area (Å²) in [5.74, 6) is 0.201. The minimum absolute atomic E-state index is 0.0162. The summed E-state index contributed by atoms with van der Waals surface area (Å²) in [4.78, 5) is 25.8. The first-order chi connectivity index (χ1) is 11.0. The number of rotatable bonds is 6. The van der Waals surface area contributed by atoms with Crippen molar-refractivity contribution in [3.05, 3.63) is 17.5 Å². The van der Waals surface area contributed by atoms with Crippen LogP contribution in [0.15, 0.2) is 6.20 Å². The molecular formula is C17H28N4O2. The van der Waals surface area contributed by atoms with Gasteiger partial charge in [0.1, 0.15) is 6.54 Å². The molecular weight excluding hydrogens is 292 g/mol. The number of carbonyl (C=O) groups excluding carboxylic acids is 2. The Bertz CT molecular complexity index is 561. The minimum Gasteiger partial charge on any atom is -0.347 e. The van der Waals surface area contributed by atoms with Crippen LogP contribution in [0.1, 0.15) is 56.8 Å². The second kappa shape index (κ2) is 7.62. The summed E-state index contributed by atoms with van der Waals surface area (Å²) in [5, 5.41) is 7.73. The monoisotopic (exact) mass is 320 g/mol. The number of amides is 2. The third kappa shape index (κ3) is 4.12. The molecule has 1 aliphatic carbocycles. The molecule has 0 aromatic carbocycles. The van der Waals surface area contributed by atoms with Gasteiger partial charge in [-0.15, -0.1) is 0 Å². The molecule has 23 heavy (non-hydrogen) atoms. The van der Waals surface area contributed by atoms with E-state index < -0.39 is 0 Å². The van der Waals surface area contributed by atoms with Gasteiger partial charge in [-0.1, -0.05) is 13.8 Å². The van der Waals surface area contributed by atoms with Crippen LogP contribution in [-0.2, 0) is 22.6 Å². The molecule has 1 aromatic heterocycles. The van der Waals surface area contributed by atoms with Crippen molar-refractivity contribution in [3.63, 3.8) is 0 Å². The molecule has 1 aliphatic rings. The molecule has 6 heteroatoms.